The van der Waals surface area contributed by atoms with Gasteiger partial charge >= 0.3 is 0 Å². The Morgan fingerprint density at radius 2 is 2.07 bits per heavy atom. The maximum Gasteiger partial charge on any atom is 0.237 e. The molecule has 3 nitrogen and oxygen atoms in total. The molecule has 0 aliphatic carbocycles. The van der Waals surface area contributed by atoms with Crippen LogP contribution in [-0.2, 0) is 4.79 Å². The Balaban J connectivity index is 3.90. The average molecular weight is 212 g/mol. The van der Waals surface area contributed by atoms with E-state index in [-0.39, 0.29) is 11.3 Å². The van der Waals surface area contributed by atoms with Gasteiger partial charge in [-0.3, -0.25) is 4.79 Å². The molecule has 0 aromatic rings. The molecule has 0 bridgehead atoms. The molecule has 0 rings (SSSR count). The highest BCUT2D eigenvalue weighted by Gasteiger charge is 2.26. The fourth-order valence-electron chi connectivity index (χ4n) is 1.04. The first-order chi connectivity index (χ1) is 6.79. The third kappa shape index (κ3) is 5.57. The minimum absolute atomic E-state index is 0.0706. The van der Waals surface area contributed by atoms with E-state index >= 15 is 0 Å². The summed E-state index contributed by atoms with van der Waals surface area (Å²) < 4.78 is 0. The van der Waals surface area contributed by atoms with Crippen LogP contribution >= 0.6 is 0 Å². The minimum atomic E-state index is -0.448. The van der Waals surface area contributed by atoms with Gasteiger partial charge in [0.1, 0.15) is 0 Å². The molecule has 0 saturated heterocycles. The van der Waals surface area contributed by atoms with Crippen molar-refractivity contribution in [3.05, 3.63) is 12.7 Å². The summed E-state index contributed by atoms with van der Waals surface area (Å²) in [5.74, 6) is 0.356. The SMILES string of the molecule is C=C[C@H](C)CCNC(=O)[C@@H](N)C(C)(C)C. The quantitative estimate of drug-likeness (QED) is 0.681. The highest BCUT2D eigenvalue weighted by molar-refractivity contribution is 5.82. The number of carbonyl (C=O) groups excluding carboxylic acids is 1. The Bertz CT molecular complexity index is 218. The molecule has 88 valence electrons. The van der Waals surface area contributed by atoms with E-state index in [1.54, 1.807) is 0 Å². The highest BCUT2D eigenvalue weighted by atomic mass is 16.2. The van der Waals surface area contributed by atoms with Crippen molar-refractivity contribution in [1.82, 2.24) is 5.32 Å². The molecule has 1 amide bonds. The minimum Gasteiger partial charge on any atom is -0.355 e. The van der Waals surface area contributed by atoms with E-state index < -0.39 is 6.04 Å². The zero-order valence-corrected chi connectivity index (χ0v) is 10.3. The molecule has 0 radical (unpaired) electrons. The summed E-state index contributed by atoms with van der Waals surface area (Å²) in [4.78, 5) is 11.6. The number of rotatable bonds is 5. The third-order valence-corrected chi connectivity index (χ3v) is 2.52. The van der Waals surface area contributed by atoms with Crippen molar-refractivity contribution >= 4 is 5.91 Å². The number of hydrogen-bond acceptors (Lipinski definition) is 2. The van der Waals surface area contributed by atoms with Crippen molar-refractivity contribution in [3.8, 4) is 0 Å². The summed E-state index contributed by atoms with van der Waals surface area (Å²) in [7, 11) is 0. The lowest BCUT2D eigenvalue weighted by Gasteiger charge is -2.25. The second kappa shape index (κ2) is 5.91. The molecule has 0 fully saturated rings. The highest BCUT2D eigenvalue weighted by Crippen LogP contribution is 2.17. The van der Waals surface area contributed by atoms with Crippen LogP contribution in [0.1, 0.15) is 34.1 Å². The predicted octanol–water partition coefficient (Wildman–Crippen LogP) is 1.69. The Morgan fingerprint density at radius 3 is 2.47 bits per heavy atom. The largest absolute Gasteiger partial charge is 0.355 e. The predicted molar refractivity (Wildman–Crippen MR) is 64.4 cm³/mol. The zero-order valence-electron chi connectivity index (χ0n) is 10.3. The zero-order chi connectivity index (χ0) is 12.1. The van der Waals surface area contributed by atoms with Gasteiger partial charge in [-0.2, -0.15) is 0 Å². The van der Waals surface area contributed by atoms with Gasteiger partial charge in [0, 0.05) is 6.54 Å². The van der Waals surface area contributed by atoms with E-state index in [9.17, 15) is 4.79 Å². The van der Waals surface area contributed by atoms with E-state index in [4.69, 9.17) is 5.73 Å². The summed E-state index contributed by atoms with van der Waals surface area (Å²) in [6.45, 7) is 12.3. The first kappa shape index (κ1) is 14.2. The van der Waals surface area contributed by atoms with Crippen LogP contribution in [-0.4, -0.2) is 18.5 Å². The molecule has 2 atom stereocenters. The number of carbonyl (C=O) groups is 1. The topological polar surface area (TPSA) is 55.1 Å². The first-order valence-corrected chi connectivity index (χ1v) is 5.45. The van der Waals surface area contributed by atoms with Crippen molar-refractivity contribution in [2.45, 2.75) is 40.2 Å². The number of allylic oxidation sites excluding steroid dienone is 1. The molecular weight excluding hydrogens is 188 g/mol. The van der Waals surface area contributed by atoms with E-state index in [2.05, 4.69) is 18.8 Å². The molecule has 3 N–H and O–H groups in total. The third-order valence-electron chi connectivity index (χ3n) is 2.52. The Labute approximate surface area is 93.1 Å². The second-order valence-corrected chi connectivity index (χ2v) is 5.14. The molecule has 0 aromatic carbocycles. The molecule has 0 spiro atoms. The lowest BCUT2D eigenvalue weighted by Crippen LogP contribution is -2.48. The molecule has 15 heavy (non-hydrogen) atoms. The maximum atomic E-state index is 11.6. The lowest BCUT2D eigenvalue weighted by atomic mass is 9.87. The van der Waals surface area contributed by atoms with Crippen LogP contribution in [0.2, 0.25) is 0 Å². The van der Waals surface area contributed by atoms with Crippen molar-refractivity contribution in [2.75, 3.05) is 6.54 Å². The molecule has 3 heteroatoms. The smallest absolute Gasteiger partial charge is 0.237 e. The Kier molecular flexibility index (Phi) is 5.58. The van der Waals surface area contributed by atoms with Crippen molar-refractivity contribution in [3.63, 3.8) is 0 Å². The van der Waals surface area contributed by atoms with Gasteiger partial charge in [-0.15, -0.1) is 6.58 Å². The van der Waals surface area contributed by atoms with E-state index in [1.165, 1.54) is 0 Å². The Hall–Kier alpha value is -0.830. The fraction of sp³-hybridized carbons (Fsp3) is 0.750. The van der Waals surface area contributed by atoms with Crippen LogP contribution in [0, 0.1) is 11.3 Å². The van der Waals surface area contributed by atoms with Crippen molar-refractivity contribution in [1.29, 1.82) is 0 Å². The number of nitrogens with two attached hydrogens (primary N) is 1. The van der Waals surface area contributed by atoms with Crippen LogP contribution in [0.3, 0.4) is 0 Å². The van der Waals surface area contributed by atoms with E-state index in [0.717, 1.165) is 6.42 Å². The second-order valence-electron chi connectivity index (χ2n) is 5.14. The summed E-state index contributed by atoms with van der Waals surface area (Å²) >= 11 is 0. The monoisotopic (exact) mass is 212 g/mol. The standard InChI is InChI=1S/C12H24N2O/c1-6-9(2)7-8-14-11(15)10(13)12(3,4)5/h6,9-10H,1,7-8,13H2,2-5H3,(H,14,15)/t9-,10+/m0/s1. The molecular formula is C12H24N2O. The summed E-state index contributed by atoms with van der Waals surface area (Å²) in [5, 5.41) is 2.84. The van der Waals surface area contributed by atoms with Crippen LogP contribution in [0.4, 0.5) is 0 Å². The summed E-state index contributed by atoms with van der Waals surface area (Å²) in [6.07, 6.45) is 2.79. The normalized spacial score (nSPS) is 15.5. The molecule has 0 aliphatic heterocycles. The summed E-state index contributed by atoms with van der Waals surface area (Å²) in [6, 6.07) is -0.448. The number of amides is 1. The van der Waals surface area contributed by atoms with Crippen LogP contribution in [0.15, 0.2) is 12.7 Å². The van der Waals surface area contributed by atoms with Crippen molar-refractivity contribution < 1.29 is 4.79 Å². The summed E-state index contributed by atoms with van der Waals surface area (Å²) in [5.41, 5.74) is 5.63. The van der Waals surface area contributed by atoms with Crippen LogP contribution in [0.25, 0.3) is 0 Å². The molecule has 0 unspecified atom stereocenters. The molecule has 0 aliphatic rings. The molecule has 0 aromatic heterocycles. The van der Waals surface area contributed by atoms with Crippen LogP contribution < -0.4 is 11.1 Å². The van der Waals surface area contributed by atoms with E-state index in [1.807, 2.05) is 26.8 Å². The van der Waals surface area contributed by atoms with Gasteiger partial charge in [-0.1, -0.05) is 33.8 Å². The average Bonchev–Trinajstić information content (AvgIpc) is 2.14. The Morgan fingerprint density at radius 1 is 1.53 bits per heavy atom. The van der Waals surface area contributed by atoms with E-state index in [0.29, 0.717) is 12.5 Å². The van der Waals surface area contributed by atoms with Gasteiger partial charge in [0.2, 0.25) is 5.91 Å². The van der Waals surface area contributed by atoms with Crippen molar-refractivity contribution in [2.24, 2.45) is 17.1 Å². The number of nitrogens with one attached hydrogen (secondary N) is 1. The molecule has 0 saturated carbocycles. The molecule has 0 heterocycles. The van der Waals surface area contributed by atoms with Crippen LogP contribution in [0.5, 0.6) is 0 Å². The van der Waals surface area contributed by atoms with Gasteiger partial charge in [0.05, 0.1) is 6.04 Å². The van der Waals surface area contributed by atoms with Gasteiger partial charge in [-0.25, -0.2) is 0 Å². The lowest BCUT2D eigenvalue weighted by molar-refractivity contribution is -0.124. The fourth-order valence-corrected chi connectivity index (χ4v) is 1.04. The maximum absolute atomic E-state index is 11.6. The van der Waals surface area contributed by atoms with Gasteiger partial charge in [0.25, 0.3) is 0 Å². The van der Waals surface area contributed by atoms with Gasteiger partial charge < -0.3 is 11.1 Å². The van der Waals surface area contributed by atoms with Gasteiger partial charge in [0.15, 0.2) is 0 Å². The van der Waals surface area contributed by atoms with Gasteiger partial charge in [-0.05, 0) is 17.8 Å². The number of hydrogen-bond donors (Lipinski definition) is 2. The first-order valence-electron chi connectivity index (χ1n) is 5.45.